The van der Waals surface area contributed by atoms with Crippen molar-refractivity contribution in [1.29, 1.82) is 0 Å². The van der Waals surface area contributed by atoms with Gasteiger partial charge in [0.05, 0.1) is 0 Å². The highest BCUT2D eigenvalue weighted by atomic mass is 32.2. The number of hydrogen-bond donors (Lipinski definition) is 2. The number of carboxylic acids is 1. The number of hydrogen-bond acceptors (Lipinski definition) is 3. The highest BCUT2D eigenvalue weighted by Crippen LogP contribution is 2.28. The van der Waals surface area contributed by atoms with E-state index in [1.54, 1.807) is 11.8 Å². The third kappa shape index (κ3) is 3.53. The molecule has 7 heteroatoms. The van der Waals surface area contributed by atoms with Gasteiger partial charge in [-0.05, 0) is 36.5 Å². The van der Waals surface area contributed by atoms with Crippen LogP contribution in [0.25, 0.3) is 0 Å². The Hall–Kier alpha value is -1.63. The second-order valence-electron chi connectivity index (χ2n) is 4.88. The van der Waals surface area contributed by atoms with Crippen LogP contribution in [0.2, 0.25) is 0 Å². The fraction of sp³-hybridized carbons (Fsp3) is 0.429. The minimum absolute atomic E-state index is 0.0478. The number of carbonyl (C=O) groups is 2. The van der Waals surface area contributed by atoms with Crippen LogP contribution in [-0.4, -0.2) is 34.0 Å². The van der Waals surface area contributed by atoms with Gasteiger partial charge in [-0.15, -0.1) is 0 Å². The van der Waals surface area contributed by atoms with Crippen LogP contribution >= 0.6 is 11.8 Å². The number of benzene rings is 1. The lowest BCUT2D eigenvalue weighted by atomic mass is 9.91. The first kappa shape index (κ1) is 15.8. The minimum Gasteiger partial charge on any atom is -0.480 e. The molecule has 0 saturated carbocycles. The Balaban J connectivity index is 2.19. The van der Waals surface area contributed by atoms with E-state index in [1.165, 1.54) is 18.2 Å². The maximum Gasteiger partial charge on any atom is 0.329 e. The first-order chi connectivity index (χ1) is 9.94. The number of amides is 1. The molecule has 1 aliphatic heterocycles. The molecule has 1 aromatic carbocycles. The molecule has 1 fully saturated rings. The number of carbonyl (C=O) groups excluding carboxylic acids is 1. The fourth-order valence-electron chi connectivity index (χ4n) is 2.22. The molecule has 0 radical (unpaired) electrons. The van der Waals surface area contributed by atoms with Crippen molar-refractivity contribution >= 4 is 23.6 Å². The molecule has 2 N–H and O–H groups in total. The zero-order valence-electron chi connectivity index (χ0n) is 11.1. The van der Waals surface area contributed by atoms with Crippen molar-refractivity contribution < 1.29 is 23.5 Å². The van der Waals surface area contributed by atoms with Gasteiger partial charge < -0.3 is 10.4 Å². The van der Waals surface area contributed by atoms with E-state index >= 15 is 0 Å². The lowest BCUT2D eigenvalue weighted by Crippen LogP contribution is -2.56. The van der Waals surface area contributed by atoms with E-state index in [1.807, 2.05) is 0 Å². The summed E-state index contributed by atoms with van der Waals surface area (Å²) in [6.45, 7) is 0. The number of halogens is 2. The van der Waals surface area contributed by atoms with Crippen molar-refractivity contribution in [2.24, 2.45) is 0 Å². The average Bonchev–Trinajstić information content (AvgIpc) is 2.48. The third-order valence-electron chi connectivity index (χ3n) is 3.51. The predicted octanol–water partition coefficient (Wildman–Crippen LogP) is 2.70. The number of thioether (sulfide) groups is 1. The first-order valence-corrected chi connectivity index (χ1v) is 7.62. The molecule has 0 bridgehead atoms. The van der Waals surface area contributed by atoms with Crippen molar-refractivity contribution in [3.63, 3.8) is 0 Å². The second-order valence-corrected chi connectivity index (χ2v) is 6.10. The summed E-state index contributed by atoms with van der Waals surface area (Å²) in [6, 6.07) is 5.08. The number of aliphatic carboxylic acids is 1. The van der Waals surface area contributed by atoms with E-state index in [0.29, 0.717) is 24.3 Å². The molecular formula is C14H15F2NO3S. The number of carboxylic acid groups (broad SMARTS) is 1. The monoisotopic (exact) mass is 315 g/mol. The summed E-state index contributed by atoms with van der Waals surface area (Å²) in [6.07, 6.45) is -2.02. The molecule has 0 aliphatic carbocycles. The highest BCUT2D eigenvalue weighted by Gasteiger charge is 2.41. The molecule has 1 heterocycles. The summed E-state index contributed by atoms with van der Waals surface area (Å²) in [5.41, 5.74) is -1.51. The van der Waals surface area contributed by atoms with Gasteiger partial charge in [0.2, 0.25) is 0 Å². The Kier molecular flexibility index (Phi) is 4.82. The molecule has 1 amide bonds. The number of rotatable bonds is 4. The smallest absolute Gasteiger partial charge is 0.329 e. The van der Waals surface area contributed by atoms with Crippen molar-refractivity contribution in [3.8, 4) is 0 Å². The lowest BCUT2D eigenvalue weighted by molar-refractivity contribution is -0.144. The third-order valence-corrected chi connectivity index (χ3v) is 4.49. The fourth-order valence-corrected chi connectivity index (χ4v) is 3.41. The van der Waals surface area contributed by atoms with E-state index in [9.17, 15) is 23.5 Å². The van der Waals surface area contributed by atoms with E-state index in [-0.39, 0.29) is 11.1 Å². The maximum absolute atomic E-state index is 12.6. The Morgan fingerprint density at radius 2 is 1.95 bits per heavy atom. The summed E-state index contributed by atoms with van der Waals surface area (Å²) >= 11 is 1.63. The zero-order valence-corrected chi connectivity index (χ0v) is 12.0. The van der Waals surface area contributed by atoms with Gasteiger partial charge in [0, 0.05) is 11.1 Å². The maximum atomic E-state index is 12.6. The van der Waals surface area contributed by atoms with Gasteiger partial charge in [-0.2, -0.15) is 11.8 Å². The van der Waals surface area contributed by atoms with Crippen LogP contribution < -0.4 is 5.32 Å². The number of alkyl halides is 2. The van der Waals surface area contributed by atoms with Gasteiger partial charge >= 0.3 is 5.97 Å². The van der Waals surface area contributed by atoms with Gasteiger partial charge in [-0.1, -0.05) is 12.1 Å². The summed E-state index contributed by atoms with van der Waals surface area (Å²) in [4.78, 5) is 23.6. The quantitative estimate of drug-likeness (QED) is 0.896. The first-order valence-electron chi connectivity index (χ1n) is 6.46. The molecule has 0 aromatic heterocycles. The summed E-state index contributed by atoms with van der Waals surface area (Å²) in [7, 11) is 0. The summed E-state index contributed by atoms with van der Waals surface area (Å²) in [5.74, 6) is -0.430. The van der Waals surface area contributed by atoms with Crippen molar-refractivity contribution in [2.45, 2.75) is 24.8 Å². The zero-order chi connectivity index (χ0) is 15.5. The SMILES string of the molecule is O=C(NC1(C(=O)O)CCSCC1)c1cccc(C(F)F)c1. The second kappa shape index (κ2) is 6.43. The van der Waals surface area contributed by atoms with Crippen LogP contribution in [0.4, 0.5) is 8.78 Å². The molecule has 1 saturated heterocycles. The van der Waals surface area contributed by atoms with E-state index in [0.717, 1.165) is 6.07 Å². The minimum atomic E-state index is -2.67. The Morgan fingerprint density at radius 1 is 1.29 bits per heavy atom. The molecule has 1 aromatic rings. The van der Waals surface area contributed by atoms with Crippen LogP contribution in [0.1, 0.15) is 35.2 Å². The van der Waals surface area contributed by atoms with Gasteiger partial charge in [-0.3, -0.25) is 4.79 Å². The van der Waals surface area contributed by atoms with E-state index < -0.39 is 23.8 Å². The average molecular weight is 315 g/mol. The van der Waals surface area contributed by atoms with Crippen LogP contribution in [0.15, 0.2) is 24.3 Å². The topological polar surface area (TPSA) is 66.4 Å². The van der Waals surface area contributed by atoms with Crippen molar-refractivity contribution in [1.82, 2.24) is 5.32 Å². The van der Waals surface area contributed by atoms with Crippen molar-refractivity contribution in [2.75, 3.05) is 11.5 Å². The molecule has 114 valence electrons. The van der Waals surface area contributed by atoms with Gasteiger partial charge in [0.15, 0.2) is 0 Å². The van der Waals surface area contributed by atoms with Crippen molar-refractivity contribution in [3.05, 3.63) is 35.4 Å². The van der Waals surface area contributed by atoms with Crippen LogP contribution in [-0.2, 0) is 4.79 Å². The molecule has 21 heavy (non-hydrogen) atoms. The Bertz CT molecular complexity index is 545. The molecule has 0 unspecified atom stereocenters. The largest absolute Gasteiger partial charge is 0.480 e. The summed E-state index contributed by atoms with van der Waals surface area (Å²) in [5, 5.41) is 11.9. The Morgan fingerprint density at radius 3 is 2.52 bits per heavy atom. The van der Waals surface area contributed by atoms with Crippen LogP contribution in [0.3, 0.4) is 0 Å². The molecule has 1 aliphatic rings. The van der Waals surface area contributed by atoms with Gasteiger partial charge in [0.1, 0.15) is 5.54 Å². The van der Waals surface area contributed by atoms with Gasteiger partial charge in [0.25, 0.3) is 12.3 Å². The standard InChI is InChI=1S/C14H15F2NO3S/c15-11(16)9-2-1-3-10(8-9)12(18)17-14(13(19)20)4-6-21-7-5-14/h1-3,8,11H,4-7H2,(H,17,18)(H,19,20). The molecule has 0 spiro atoms. The molecular weight excluding hydrogens is 300 g/mol. The van der Waals surface area contributed by atoms with E-state index in [2.05, 4.69) is 5.32 Å². The lowest BCUT2D eigenvalue weighted by Gasteiger charge is -2.33. The Labute approximate surface area is 124 Å². The molecule has 0 atom stereocenters. The van der Waals surface area contributed by atoms with Gasteiger partial charge in [-0.25, -0.2) is 13.6 Å². The van der Waals surface area contributed by atoms with E-state index in [4.69, 9.17) is 0 Å². The molecule has 2 rings (SSSR count). The highest BCUT2D eigenvalue weighted by molar-refractivity contribution is 7.99. The predicted molar refractivity (Wildman–Crippen MR) is 75.8 cm³/mol. The summed E-state index contributed by atoms with van der Waals surface area (Å²) < 4.78 is 25.3. The van der Waals surface area contributed by atoms with Crippen LogP contribution in [0.5, 0.6) is 0 Å². The van der Waals surface area contributed by atoms with Crippen LogP contribution in [0, 0.1) is 0 Å². The molecule has 4 nitrogen and oxygen atoms in total. The number of nitrogens with one attached hydrogen (secondary N) is 1. The normalized spacial score (nSPS) is 17.5.